The smallest absolute Gasteiger partial charge is 0.227 e. The van der Waals surface area contributed by atoms with Crippen LogP contribution in [0.4, 0.5) is 5.95 Å². The molecular formula is C20H18N4O2. The van der Waals surface area contributed by atoms with Crippen molar-refractivity contribution in [1.29, 1.82) is 0 Å². The van der Waals surface area contributed by atoms with Gasteiger partial charge in [-0.3, -0.25) is 0 Å². The van der Waals surface area contributed by atoms with E-state index in [1.165, 1.54) is 0 Å². The summed E-state index contributed by atoms with van der Waals surface area (Å²) >= 11 is 0. The maximum atomic E-state index is 5.91. The zero-order valence-electron chi connectivity index (χ0n) is 14.6. The summed E-state index contributed by atoms with van der Waals surface area (Å²) in [5.41, 5.74) is 1.71. The van der Waals surface area contributed by atoms with Gasteiger partial charge in [0.2, 0.25) is 11.8 Å². The van der Waals surface area contributed by atoms with Crippen molar-refractivity contribution >= 4 is 5.95 Å². The molecule has 6 nitrogen and oxygen atoms in total. The third kappa shape index (κ3) is 3.73. The normalized spacial score (nSPS) is 10.0. The quantitative estimate of drug-likeness (QED) is 0.638. The number of methoxy groups -OCH3 is 1. The highest BCUT2D eigenvalue weighted by Crippen LogP contribution is 2.36. The summed E-state index contributed by atoms with van der Waals surface area (Å²) < 4.78 is 11.3. The summed E-state index contributed by atoms with van der Waals surface area (Å²) in [6, 6.07) is 11.5. The molecule has 0 aliphatic heterocycles. The van der Waals surface area contributed by atoms with Crippen molar-refractivity contribution in [2.45, 2.75) is 0 Å². The number of hydrogen-bond acceptors (Lipinski definition) is 6. The molecular weight excluding hydrogens is 328 g/mol. The first-order chi connectivity index (χ1) is 12.7. The Morgan fingerprint density at radius 2 is 1.77 bits per heavy atom. The molecule has 3 aromatic rings. The lowest BCUT2D eigenvalue weighted by Crippen LogP contribution is -2.19. The predicted molar refractivity (Wildman–Crippen MR) is 100 cm³/mol. The molecule has 0 aliphatic carbocycles. The second-order valence-electron chi connectivity index (χ2n) is 5.44. The molecule has 0 spiro atoms. The van der Waals surface area contributed by atoms with E-state index in [1.807, 2.05) is 43.4 Å². The average molecular weight is 346 g/mol. The molecule has 0 unspecified atom stereocenters. The van der Waals surface area contributed by atoms with Gasteiger partial charge in [-0.2, -0.15) is 0 Å². The second kappa shape index (κ2) is 7.99. The second-order valence-corrected chi connectivity index (χ2v) is 5.44. The topological polar surface area (TPSA) is 60.4 Å². The number of benzene rings is 1. The number of nitrogens with zero attached hydrogens (tertiary/aromatic N) is 4. The van der Waals surface area contributed by atoms with Crippen molar-refractivity contribution in [3.63, 3.8) is 0 Å². The molecule has 0 saturated carbocycles. The molecule has 0 aliphatic rings. The van der Waals surface area contributed by atoms with E-state index >= 15 is 0 Å². The fraction of sp³-hybridized carbons (Fsp3) is 0.150. The number of hydrogen-bond donors (Lipinski definition) is 0. The molecule has 3 rings (SSSR count). The summed E-state index contributed by atoms with van der Waals surface area (Å²) in [5.74, 6) is 4.76. The highest BCUT2D eigenvalue weighted by atomic mass is 16.5. The van der Waals surface area contributed by atoms with Gasteiger partial charge in [0.15, 0.2) is 5.75 Å². The van der Waals surface area contributed by atoms with Crippen LogP contribution in [-0.2, 0) is 0 Å². The average Bonchev–Trinajstić information content (AvgIpc) is 2.69. The summed E-state index contributed by atoms with van der Waals surface area (Å²) in [6.07, 6.45) is 10.2. The summed E-state index contributed by atoms with van der Waals surface area (Å²) in [4.78, 5) is 14.7. The molecule has 2 heterocycles. The van der Waals surface area contributed by atoms with E-state index in [2.05, 4.69) is 20.9 Å². The zero-order chi connectivity index (χ0) is 18.4. The molecule has 0 atom stereocenters. The number of ether oxygens (including phenoxy) is 2. The van der Waals surface area contributed by atoms with Crippen LogP contribution in [0, 0.1) is 12.3 Å². The predicted octanol–water partition coefficient (Wildman–Crippen LogP) is 3.41. The van der Waals surface area contributed by atoms with Crippen molar-refractivity contribution < 1.29 is 9.47 Å². The van der Waals surface area contributed by atoms with E-state index < -0.39 is 0 Å². The van der Waals surface area contributed by atoms with Crippen molar-refractivity contribution in [2.75, 3.05) is 25.6 Å². The molecule has 6 heteroatoms. The maximum absolute atomic E-state index is 5.91. The molecule has 0 bridgehead atoms. The Morgan fingerprint density at radius 1 is 1.04 bits per heavy atom. The van der Waals surface area contributed by atoms with E-state index in [0.717, 1.165) is 16.9 Å². The van der Waals surface area contributed by atoms with E-state index in [9.17, 15) is 0 Å². The Hall–Kier alpha value is -3.59. The highest BCUT2D eigenvalue weighted by Gasteiger charge is 2.13. The van der Waals surface area contributed by atoms with Crippen molar-refractivity contribution in [2.24, 2.45) is 0 Å². The minimum Gasteiger partial charge on any atom is -0.496 e. The molecule has 0 fully saturated rings. The van der Waals surface area contributed by atoms with Crippen LogP contribution in [0.2, 0.25) is 0 Å². The van der Waals surface area contributed by atoms with Crippen molar-refractivity contribution in [3.05, 3.63) is 55.0 Å². The van der Waals surface area contributed by atoms with Crippen LogP contribution in [0.1, 0.15) is 0 Å². The van der Waals surface area contributed by atoms with E-state index in [1.54, 1.807) is 30.6 Å². The lowest BCUT2D eigenvalue weighted by Gasteiger charge is -2.14. The molecule has 0 radical (unpaired) electrons. The minimum atomic E-state index is 0.429. The Bertz CT molecular complexity index is 920. The van der Waals surface area contributed by atoms with Gasteiger partial charge in [0, 0.05) is 24.4 Å². The van der Waals surface area contributed by atoms with Gasteiger partial charge in [0.05, 0.1) is 26.0 Å². The van der Waals surface area contributed by atoms with Crippen LogP contribution in [-0.4, -0.2) is 35.7 Å². The van der Waals surface area contributed by atoms with Crippen molar-refractivity contribution in [1.82, 2.24) is 15.0 Å². The van der Waals surface area contributed by atoms with Gasteiger partial charge in [-0.1, -0.05) is 24.1 Å². The number of pyridine rings is 1. The van der Waals surface area contributed by atoms with Gasteiger partial charge in [0.1, 0.15) is 5.75 Å². The van der Waals surface area contributed by atoms with Crippen molar-refractivity contribution in [3.8, 4) is 40.8 Å². The van der Waals surface area contributed by atoms with E-state index in [4.69, 9.17) is 15.9 Å². The molecule has 130 valence electrons. The number of terminal acetylenes is 1. The van der Waals surface area contributed by atoms with E-state index in [0.29, 0.717) is 24.1 Å². The molecule has 0 N–H and O–H groups in total. The zero-order valence-corrected chi connectivity index (χ0v) is 14.6. The summed E-state index contributed by atoms with van der Waals surface area (Å²) in [5, 5.41) is 0. The number of anilines is 1. The van der Waals surface area contributed by atoms with Crippen LogP contribution >= 0.6 is 0 Å². The van der Waals surface area contributed by atoms with Gasteiger partial charge in [-0.05, 0) is 18.2 Å². The Balaban J connectivity index is 1.89. The van der Waals surface area contributed by atoms with E-state index in [-0.39, 0.29) is 0 Å². The van der Waals surface area contributed by atoms with Gasteiger partial charge in [0.25, 0.3) is 0 Å². The van der Waals surface area contributed by atoms with Gasteiger partial charge in [-0.25, -0.2) is 15.0 Å². The van der Waals surface area contributed by atoms with Crippen LogP contribution in [0.25, 0.3) is 11.1 Å². The van der Waals surface area contributed by atoms with Crippen LogP contribution in [0.3, 0.4) is 0 Å². The fourth-order valence-electron chi connectivity index (χ4n) is 2.42. The Kier molecular flexibility index (Phi) is 5.30. The third-order valence-electron chi connectivity index (χ3n) is 3.67. The number of para-hydroxylation sites is 1. The van der Waals surface area contributed by atoms with Gasteiger partial charge < -0.3 is 14.4 Å². The summed E-state index contributed by atoms with van der Waals surface area (Å²) in [7, 11) is 3.46. The standard InChI is InChI=1S/C20H18N4O2/c1-4-12-24(2)20-22-13-15(14-23-20)26-19-17(9-7-11-21-19)16-8-5-6-10-18(16)25-3/h1,5-11,13-14H,12H2,2-3H3. The molecule has 1 aromatic carbocycles. The Labute approximate surface area is 152 Å². The van der Waals surface area contributed by atoms with Gasteiger partial charge >= 0.3 is 0 Å². The lowest BCUT2D eigenvalue weighted by molar-refractivity contribution is 0.415. The van der Waals surface area contributed by atoms with Crippen LogP contribution in [0.15, 0.2) is 55.0 Å². The molecule has 0 amide bonds. The minimum absolute atomic E-state index is 0.429. The van der Waals surface area contributed by atoms with Crippen LogP contribution < -0.4 is 14.4 Å². The SMILES string of the molecule is C#CCN(C)c1ncc(Oc2ncccc2-c2ccccc2OC)cn1. The van der Waals surface area contributed by atoms with Gasteiger partial charge in [-0.15, -0.1) is 6.42 Å². The first-order valence-electron chi connectivity index (χ1n) is 7.96. The fourth-order valence-corrected chi connectivity index (χ4v) is 2.42. The molecule has 26 heavy (non-hydrogen) atoms. The third-order valence-corrected chi connectivity index (χ3v) is 3.67. The van der Waals surface area contributed by atoms with Crippen LogP contribution in [0.5, 0.6) is 17.4 Å². The highest BCUT2D eigenvalue weighted by molar-refractivity contribution is 5.74. The largest absolute Gasteiger partial charge is 0.496 e. The molecule has 2 aromatic heterocycles. The molecule has 0 saturated heterocycles. The monoisotopic (exact) mass is 346 g/mol. The summed E-state index contributed by atoms with van der Waals surface area (Å²) in [6.45, 7) is 0.429. The Morgan fingerprint density at radius 3 is 2.50 bits per heavy atom. The first-order valence-corrected chi connectivity index (χ1v) is 7.96. The number of rotatable bonds is 6. The lowest BCUT2D eigenvalue weighted by atomic mass is 10.1. The number of aromatic nitrogens is 3. The first kappa shape index (κ1) is 17.2. The maximum Gasteiger partial charge on any atom is 0.227 e.